The molecule has 1 nitrogen and oxygen atoms in total. The third-order valence-electron chi connectivity index (χ3n) is 1.88. The van der Waals surface area contributed by atoms with Crippen molar-refractivity contribution in [2.24, 2.45) is 5.73 Å². The zero-order chi connectivity index (χ0) is 8.97. The molecular weight excluding hydrogens is 166 g/mol. The highest BCUT2D eigenvalue weighted by molar-refractivity contribution is 7.11. The molecule has 68 valence electrons. The average Bonchev–Trinajstić information content (AvgIpc) is 2.35. The molecule has 2 heteroatoms. The van der Waals surface area contributed by atoms with Crippen molar-refractivity contribution < 1.29 is 0 Å². The quantitative estimate of drug-likeness (QED) is 0.763. The van der Waals surface area contributed by atoms with Gasteiger partial charge in [-0.25, -0.2) is 0 Å². The molecule has 1 atom stereocenters. The Morgan fingerprint density at radius 1 is 1.50 bits per heavy atom. The summed E-state index contributed by atoms with van der Waals surface area (Å²) in [6, 6.07) is 4.76. The summed E-state index contributed by atoms with van der Waals surface area (Å²) in [6.45, 7) is 4.22. The maximum atomic E-state index is 5.67. The van der Waals surface area contributed by atoms with E-state index in [9.17, 15) is 0 Å². The number of hydrogen-bond donors (Lipinski definition) is 1. The van der Waals surface area contributed by atoms with Gasteiger partial charge in [-0.3, -0.25) is 0 Å². The van der Waals surface area contributed by atoms with Crippen molar-refractivity contribution in [3.05, 3.63) is 21.9 Å². The maximum absolute atomic E-state index is 5.67. The largest absolute Gasteiger partial charge is 0.328 e. The van der Waals surface area contributed by atoms with Crippen molar-refractivity contribution in [3.8, 4) is 0 Å². The van der Waals surface area contributed by atoms with Crippen LogP contribution in [0.3, 0.4) is 0 Å². The molecule has 0 fully saturated rings. The summed E-state index contributed by atoms with van der Waals surface area (Å²) >= 11 is 1.90. The average molecular weight is 183 g/mol. The molecule has 1 heterocycles. The first-order chi connectivity index (χ1) is 5.68. The summed E-state index contributed by atoms with van der Waals surface area (Å²) in [5.74, 6) is 0. The van der Waals surface area contributed by atoms with Crippen LogP contribution in [0.2, 0.25) is 0 Å². The van der Waals surface area contributed by atoms with E-state index in [2.05, 4.69) is 26.0 Å². The van der Waals surface area contributed by atoms with Crippen LogP contribution in [0, 0.1) is 6.92 Å². The molecule has 12 heavy (non-hydrogen) atoms. The fourth-order valence-corrected chi connectivity index (χ4v) is 2.15. The van der Waals surface area contributed by atoms with Gasteiger partial charge in [-0.15, -0.1) is 11.3 Å². The zero-order valence-electron chi connectivity index (χ0n) is 7.84. The standard InChI is InChI=1S/C10H17NS/c1-8(11)4-3-5-10-7-6-9(2)12-10/h6-8H,3-5,11H2,1-2H3. The molecule has 0 spiro atoms. The van der Waals surface area contributed by atoms with Crippen molar-refractivity contribution in [3.63, 3.8) is 0 Å². The molecule has 1 aromatic rings. The van der Waals surface area contributed by atoms with Gasteiger partial charge in [0.25, 0.3) is 0 Å². The fraction of sp³-hybridized carbons (Fsp3) is 0.600. The molecule has 0 aliphatic heterocycles. The zero-order valence-corrected chi connectivity index (χ0v) is 8.66. The number of nitrogens with two attached hydrogens (primary N) is 1. The van der Waals surface area contributed by atoms with Gasteiger partial charge in [0.1, 0.15) is 0 Å². The highest BCUT2D eigenvalue weighted by Crippen LogP contribution is 2.17. The van der Waals surface area contributed by atoms with Crippen molar-refractivity contribution in [2.75, 3.05) is 0 Å². The monoisotopic (exact) mass is 183 g/mol. The van der Waals surface area contributed by atoms with Gasteiger partial charge in [-0.2, -0.15) is 0 Å². The summed E-state index contributed by atoms with van der Waals surface area (Å²) in [5.41, 5.74) is 5.67. The number of aryl methyl sites for hydroxylation is 2. The van der Waals surface area contributed by atoms with E-state index in [4.69, 9.17) is 5.73 Å². The molecule has 0 saturated carbocycles. The van der Waals surface area contributed by atoms with Crippen LogP contribution >= 0.6 is 11.3 Å². The molecule has 1 unspecified atom stereocenters. The second kappa shape index (κ2) is 4.63. The summed E-state index contributed by atoms with van der Waals surface area (Å²) in [7, 11) is 0. The Kier molecular flexibility index (Phi) is 3.76. The molecule has 1 rings (SSSR count). The lowest BCUT2D eigenvalue weighted by Crippen LogP contribution is -2.14. The topological polar surface area (TPSA) is 26.0 Å². The third-order valence-corrected chi connectivity index (χ3v) is 2.94. The minimum absolute atomic E-state index is 0.353. The van der Waals surface area contributed by atoms with E-state index in [-0.39, 0.29) is 0 Å². The molecule has 0 radical (unpaired) electrons. The molecule has 0 aliphatic carbocycles. The lowest BCUT2D eigenvalue weighted by molar-refractivity contribution is 0.627. The lowest BCUT2D eigenvalue weighted by atomic mass is 10.1. The molecule has 0 aliphatic rings. The van der Waals surface area contributed by atoms with Gasteiger partial charge in [-0.1, -0.05) is 0 Å². The van der Waals surface area contributed by atoms with Gasteiger partial charge in [0.2, 0.25) is 0 Å². The molecule has 2 N–H and O–H groups in total. The van der Waals surface area contributed by atoms with E-state index < -0.39 is 0 Å². The van der Waals surface area contributed by atoms with Crippen LogP contribution in [0.4, 0.5) is 0 Å². The second-order valence-corrected chi connectivity index (χ2v) is 4.75. The number of rotatable bonds is 4. The van der Waals surface area contributed by atoms with Gasteiger partial charge >= 0.3 is 0 Å². The van der Waals surface area contributed by atoms with Crippen molar-refractivity contribution >= 4 is 11.3 Å². The summed E-state index contributed by atoms with van der Waals surface area (Å²) in [5, 5.41) is 0. The molecular formula is C10H17NS. The Morgan fingerprint density at radius 2 is 2.25 bits per heavy atom. The molecule has 0 saturated heterocycles. The van der Waals surface area contributed by atoms with E-state index in [1.54, 1.807) is 0 Å². The molecule has 0 aromatic carbocycles. The second-order valence-electron chi connectivity index (χ2n) is 3.38. The predicted octanol–water partition coefficient (Wildman–Crippen LogP) is 2.73. The lowest BCUT2D eigenvalue weighted by Gasteiger charge is -2.02. The van der Waals surface area contributed by atoms with Gasteiger partial charge in [0.15, 0.2) is 0 Å². The summed E-state index contributed by atoms with van der Waals surface area (Å²) in [6.07, 6.45) is 3.55. The Bertz CT molecular complexity index is 227. The van der Waals surface area contributed by atoms with Crippen LogP contribution in [-0.4, -0.2) is 6.04 Å². The third kappa shape index (κ3) is 3.37. The first-order valence-electron chi connectivity index (χ1n) is 4.49. The maximum Gasteiger partial charge on any atom is 0.00480 e. The Balaban J connectivity index is 2.24. The van der Waals surface area contributed by atoms with Gasteiger partial charge < -0.3 is 5.73 Å². The SMILES string of the molecule is Cc1ccc(CCCC(C)N)s1. The summed E-state index contributed by atoms with van der Waals surface area (Å²) in [4.78, 5) is 2.90. The number of hydrogen-bond acceptors (Lipinski definition) is 2. The Hall–Kier alpha value is -0.340. The van der Waals surface area contributed by atoms with Crippen molar-refractivity contribution in [1.29, 1.82) is 0 Å². The number of thiophene rings is 1. The minimum atomic E-state index is 0.353. The molecule has 0 amide bonds. The van der Waals surface area contributed by atoms with E-state index in [0.29, 0.717) is 6.04 Å². The van der Waals surface area contributed by atoms with Gasteiger partial charge in [0.05, 0.1) is 0 Å². The molecule has 1 aromatic heterocycles. The van der Waals surface area contributed by atoms with Crippen molar-refractivity contribution in [2.45, 2.75) is 39.2 Å². The highest BCUT2D eigenvalue weighted by Gasteiger charge is 1.98. The van der Waals surface area contributed by atoms with Crippen LogP contribution in [0.25, 0.3) is 0 Å². The Labute approximate surface area is 78.6 Å². The smallest absolute Gasteiger partial charge is 0.00480 e. The predicted molar refractivity (Wildman–Crippen MR) is 55.6 cm³/mol. The van der Waals surface area contributed by atoms with Crippen LogP contribution in [0.1, 0.15) is 29.5 Å². The van der Waals surface area contributed by atoms with E-state index >= 15 is 0 Å². The van der Waals surface area contributed by atoms with Gasteiger partial charge in [-0.05, 0) is 45.2 Å². The van der Waals surface area contributed by atoms with Gasteiger partial charge in [0, 0.05) is 15.8 Å². The van der Waals surface area contributed by atoms with E-state index in [0.717, 1.165) is 6.42 Å². The van der Waals surface area contributed by atoms with Crippen LogP contribution in [0.15, 0.2) is 12.1 Å². The molecule has 0 bridgehead atoms. The van der Waals surface area contributed by atoms with Crippen LogP contribution < -0.4 is 5.73 Å². The first-order valence-corrected chi connectivity index (χ1v) is 5.31. The van der Waals surface area contributed by atoms with E-state index in [1.165, 1.54) is 22.6 Å². The van der Waals surface area contributed by atoms with Crippen molar-refractivity contribution in [1.82, 2.24) is 0 Å². The first kappa shape index (κ1) is 9.75. The minimum Gasteiger partial charge on any atom is -0.328 e. The van der Waals surface area contributed by atoms with E-state index in [1.807, 2.05) is 11.3 Å². The van der Waals surface area contributed by atoms with Crippen LogP contribution in [-0.2, 0) is 6.42 Å². The highest BCUT2D eigenvalue weighted by atomic mass is 32.1. The normalized spacial score (nSPS) is 13.2. The summed E-state index contributed by atoms with van der Waals surface area (Å²) < 4.78 is 0. The Morgan fingerprint density at radius 3 is 2.75 bits per heavy atom. The fourth-order valence-electron chi connectivity index (χ4n) is 1.22. The van der Waals surface area contributed by atoms with Crippen LogP contribution in [0.5, 0.6) is 0 Å².